The van der Waals surface area contributed by atoms with Crippen molar-refractivity contribution in [3.8, 4) is 5.75 Å². The number of hydrogen-bond acceptors (Lipinski definition) is 3. The fourth-order valence-corrected chi connectivity index (χ4v) is 3.98. The van der Waals surface area contributed by atoms with Crippen LogP contribution in [-0.2, 0) is 9.59 Å². The zero-order chi connectivity index (χ0) is 20.0. The molecule has 0 spiro atoms. The molecule has 1 aliphatic heterocycles. The standard InChI is InChI=1S/C22H32N2O3/c1-6-8-20-22(3,4)13-7-14-24(20)21(26)15-19(23-16(2)25)17-9-11-18(27-5)12-10-17/h6,9-12,19-20H,1,7-8,13-15H2,2-5H3,(H,23,25)/t19-,20+/m0/s1. The van der Waals surface area contributed by atoms with Crippen LogP contribution in [0.25, 0.3) is 0 Å². The minimum absolute atomic E-state index is 0.0612. The van der Waals surface area contributed by atoms with Crippen LogP contribution in [0.1, 0.15) is 58.1 Å². The third-order valence-electron chi connectivity index (χ3n) is 5.48. The number of carbonyl (C=O) groups excluding carboxylic acids is 2. The number of carbonyl (C=O) groups is 2. The first-order valence-electron chi connectivity index (χ1n) is 9.60. The molecular weight excluding hydrogens is 340 g/mol. The number of amides is 2. The summed E-state index contributed by atoms with van der Waals surface area (Å²) in [5.74, 6) is 0.671. The minimum atomic E-state index is -0.352. The van der Waals surface area contributed by atoms with Crippen LogP contribution in [0.2, 0.25) is 0 Å². The number of rotatable bonds is 7. The number of piperidine rings is 1. The molecule has 1 aromatic carbocycles. The van der Waals surface area contributed by atoms with Gasteiger partial charge in [-0.25, -0.2) is 0 Å². The van der Waals surface area contributed by atoms with Gasteiger partial charge in [-0.3, -0.25) is 9.59 Å². The summed E-state index contributed by atoms with van der Waals surface area (Å²) in [6.45, 7) is 10.5. The zero-order valence-electron chi connectivity index (χ0n) is 17.0. The number of nitrogens with one attached hydrogen (secondary N) is 1. The Kier molecular flexibility index (Phi) is 7.05. The third-order valence-corrected chi connectivity index (χ3v) is 5.48. The van der Waals surface area contributed by atoms with Crippen molar-refractivity contribution in [2.24, 2.45) is 5.41 Å². The summed E-state index contributed by atoms with van der Waals surface area (Å²) in [6, 6.07) is 7.28. The van der Waals surface area contributed by atoms with Crippen molar-refractivity contribution in [2.45, 2.75) is 58.5 Å². The smallest absolute Gasteiger partial charge is 0.225 e. The predicted molar refractivity (Wildman–Crippen MR) is 107 cm³/mol. The Hall–Kier alpha value is -2.30. The first kappa shape index (κ1) is 21.0. The molecule has 0 unspecified atom stereocenters. The molecule has 148 valence electrons. The highest BCUT2D eigenvalue weighted by atomic mass is 16.5. The normalized spacial score (nSPS) is 19.9. The summed E-state index contributed by atoms with van der Waals surface area (Å²) in [5, 5.41) is 2.92. The molecule has 0 bridgehead atoms. The summed E-state index contributed by atoms with van der Waals surface area (Å²) in [6.07, 6.45) is 5.02. The van der Waals surface area contributed by atoms with Crippen molar-refractivity contribution >= 4 is 11.8 Å². The molecule has 0 radical (unpaired) electrons. The van der Waals surface area contributed by atoms with E-state index in [9.17, 15) is 9.59 Å². The van der Waals surface area contributed by atoms with E-state index < -0.39 is 0 Å². The number of likely N-dealkylation sites (tertiary alicyclic amines) is 1. The Bertz CT molecular complexity index is 667. The summed E-state index contributed by atoms with van der Waals surface area (Å²) < 4.78 is 5.20. The summed E-state index contributed by atoms with van der Waals surface area (Å²) >= 11 is 0. The molecule has 5 nitrogen and oxygen atoms in total. The van der Waals surface area contributed by atoms with Gasteiger partial charge < -0.3 is 15.0 Å². The Balaban J connectivity index is 2.20. The molecule has 0 aliphatic carbocycles. The largest absolute Gasteiger partial charge is 0.497 e. The van der Waals surface area contributed by atoms with Crippen LogP contribution in [0.4, 0.5) is 0 Å². The monoisotopic (exact) mass is 372 g/mol. The summed E-state index contributed by atoms with van der Waals surface area (Å²) in [5.41, 5.74) is 0.960. The highest BCUT2D eigenvalue weighted by Gasteiger charge is 2.39. The highest BCUT2D eigenvalue weighted by molar-refractivity contribution is 5.79. The van der Waals surface area contributed by atoms with Crippen molar-refractivity contribution in [1.29, 1.82) is 0 Å². The number of nitrogens with zero attached hydrogens (tertiary/aromatic N) is 1. The van der Waals surface area contributed by atoms with Gasteiger partial charge in [-0.1, -0.05) is 32.1 Å². The number of methoxy groups -OCH3 is 1. The molecule has 0 saturated carbocycles. The molecule has 1 aliphatic rings. The van der Waals surface area contributed by atoms with Crippen molar-refractivity contribution in [1.82, 2.24) is 10.2 Å². The lowest BCUT2D eigenvalue weighted by Crippen LogP contribution is -2.52. The number of benzene rings is 1. The zero-order valence-corrected chi connectivity index (χ0v) is 17.0. The molecular formula is C22H32N2O3. The van der Waals surface area contributed by atoms with Crippen molar-refractivity contribution in [2.75, 3.05) is 13.7 Å². The van der Waals surface area contributed by atoms with Crippen LogP contribution in [0.3, 0.4) is 0 Å². The molecule has 1 fully saturated rings. The topological polar surface area (TPSA) is 58.6 Å². The van der Waals surface area contributed by atoms with Crippen LogP contribution < -0.4 is 10.1 Å². The predicted octanol–water partition coefficient (Wildman–Crippen LogP) is 3.86. The van der Waals surface area contributed by atoms with E-state index in [2.05, 4.69) is 25.7 Å². The Labute approximate surface area is 162 Å². The van der Waals surface area contributed by atoms with E-state index in [0.29, 0.717) is 0 Å². The highest BCUT2D eigenvalue weighted by Crippen LogP contribution is 2.38. The van der Waals surface area contributed by atoms with E-state index >= 15 is 0 Å². The van der Waals surface area contributed by atoms with Gasteiger partial charge in [0, 0.05) is 19.5 Å². The average molecular weight is 373 g/mol. The maximum absolute atomic E-state index is 13.2. The van der Waals surface area contributed by atoms with Gasteiger partial charge in [-0.15, -0.1) is 6.58 Å². The lowest BCUT2D eigenvalue weighted by atomic mass is 9.75. The Morgan fingerprint density at radius 2 is 2.04 bits per heavy atom. The van der Waals surface area contributed by atoms with Crippen LogP contribution in [0.5, 0.6) is 5.75 Å². The van der Waals surface area contributed by atoms with Crippen LogP contribution in [-0.4, -0.2) is 36.4 Å². The minimum Gasteiger partial charge on any atom is -0.497 e. The van der Waals surface area contributed by atoms with Gasteiger partial charge in [0.25, 0.3) is 0 Å². The van der Waals surface area contributed by atoms with Crippen LogP contribution in [0, 0.1) is 5.41 Å². The molecule has 2 atom stereocenters. The Morgan fingerprint density at radius 1 is 1.37 bits per heavy atom. The van der Waals surface area contributed by atoms with Gasteiger partial charge in [0.1, 0.15) is 5.75 Å². The molecule has 1 saturated heterocycles. The van der Waals surface area contributed by atoms with Gasteiger partial charge in [0.15, 0.2) is 0 Å². The second kappa shape index (κ2) is 9.07. The maximum atomic E-state index is 13.2. The van der Waals surface area contributed by atoms with E-state index in [-0.39, 0.29) is 35.7 Å². The summed E-state index contributed by atoms with van der Waals surface area (Å²) in [7, 11) is 1.61. The van der Waals surface area contributed by atoms with Crippen molar-refractivity contribution in [3.63, 3.8) is 0 Å². The number of ether oxygens (including phenoxy) is 1. The summed E-state index contributed by atoms with van der Waals surface area (Å²) in [4.78, 5) is 26.9. The maximum Gasteiger partial charge on any atom is 0.225 e. The molecule has 1 N–H and O–H groups in total. The second-order valence-electron chi connectivity index (χ2n) is 7.95. The molecule has 5 heteroatoms. The third kappa shape index (κ3) is 5.34. The van der Waals surface area contributed by atoms with Gasteiger partial charge in [0.2, 0.25) is 11.8 Å². The quantitative estimate of drug-likeness (QED) is 0.740. The van der Waals surface area contributed by atoms with E-state index in [1.165, 1.54) is 6.92 Å². The fraction of sp³-hybridized carbons (Fsp3) is 0.545. The van der Waals surface area contributed by atoms with Crippen LogP contribution >= 0.6 is 0 Å². The molecule has 2 amide bonds. The van der Waals surface area contributed by atoms with Crippen LogP contribution in [0.15, 0.2) is 36.9 Å². The van der Waals surface area contributed by atoms with Crippen molar-refractivity contribution < 1.29 is 14.3 Å². The first-order valence-corrected chi connectivity index (χ1v) is 9.60. The molecule has 0 aromatic heterocycles. The SMILES string of the molecule is C=CC[C@H]1N(C(=O)C[C@H](NC(C)=O)c2ccc(OC)cc2)CCCC1(C)C. The van der Waals surface area contributed by atoms with Gasteiger partial charge in [-0.2, -0.15) is 0 Å². The van der Waals surface area contributed by atoms with E-state index in [0.717, 1.165) is 37.1 Å². The average Bonchev–Trinajstić information content (AvgIpc) is 2.62. The van der Waals surface area contributed by atoms with Gasteiger partial charge in [-0.05, 0) is 42.4 Å². The van der Waals surface area contributed by atoms with Gasteiger partial charge >= 0.3 is 0 Å². The second-order valence-corrected chi connectivity index (χ2v) is 7.95. The first-order chi connectivity index (χ1) is 12.8. The lowest BCUT2D eigenvalue weighted by molar-refractivity contribution is -0.139. The number of hydrogen-bond donors (Lipinski definition) is 1. The molecule has 1 aromatic rings. The lowest BCUT2D eigenvalue weighted by Gasteiger charge is -2.46. The van der Waals surface area contributed by atoms with Crippen molar-refractivity contribution in [3.05, 3.63) is 42.5 Å². The van der Waals surface area contributed by atoms with Gasteiger partial charge in [0.05, 0.1) is 19.6 Å². The van der Waals surface area contributed by atoms with E-state index in [1.807, 2.05) is 35.2 Å². The fourth-order valence-electron chi connectivity index (χ4n) is 3.98. The molecule has 2 rings (SSSR count). The van der Waals surface area contributed by atoms with E-state index in [1.54, 1.807) is 7.11 Å². The Morgan fingerprint density at radius 3 is 2.59 bits per heavy atom. The molecule has 1 heterocycles. The molecule has 27 heavy (non-hydrogen) atoms. The van der Waals surface area contributed by atoms with E-state index in [4.69, 9.17) is 4.74 Å².